The first-order valence-electron chi connectivity index (χ1n) is 8.45. The monoisotopic (exact) mass is 354 g/mol. The van der Waals surface area contributed by atoms with E-state index in [4.69, 9.17) is 4.42 Å². The number of oxazole rings is 1. The molecule has 0 saturated carbocycles. The van der Waals surface area contributed by atoms with E-state index in [9.17, 15) is 4.79 Å². The highest BCUT2D eigenvalue weighted by atomic mass is 16.3. The minimum Gasteiger partial charge on any atom is -0.444 e. The lowest BCUT2D eigenvalue weighted by Crippen LogP contribution is -2.08. The minimum atomic E-state index is -0.140. The van der Waals surface area contributed by atoms with Gasteiger partial charge in [0.15, 0.2) is 12.2 Å². The molecule has 0 aliphatic carbocycles. The molecule has 6 heteroatoms. The van der Waals surface area contributed by atoms with Crippen molar-refractivity contribution >= 4 is 33.2 Å². The van der Waals surface area contributed by atoms with Crippen LogP contribution in [0.5, 0.6) is 0 Å². The van der Waals surface area contributed by atoms with Gasteiger partial charge in [0.1, 0.15) is 5.65 Å². The maximum Gasteiger partial charge on any atom is 0.257 e. The topological polar surface area (TPSA) is 83.8 Å². The number of fused-ring (bicyclic) bond motifs is 3. The van der Waals surface area contributed by atoms with E-state index >= 15 is 0 Å². The summed E-state index contributed by atoms with van der Waals surface area (Å²) in [6.45, 7) is 0. The Balaban J connectivity index is 1.61. The Labute approximate surface area is 153 Å². The van der Waals surface area contributed by atoms with E-state index < -0.39 is 0 Å². The molecule has 0 fully saturated rings. The van der Waals surface area contributed by atoms with Crippen LogP contribution in [0.4, 0.5) is 11.4 Å². The van der Waals surface area contributed by atoms with Crippen molar-refractivity contribution in [3.05, 3.63) is 83.7 Å². The van der Waals surface area contributed by atoms with Crippen molar-refractivity contribution in [1.29, 1.82) is 0 Å². The van der Waals surface area contributed by atoms with Gasteiger partial charge in [0.05, 0.1) is 11.9 Å². The van der Waals surface area contributed by atoms with Crippen LogP contribution in [-0.2, 0) is 0 Å². The number of benzene rings is 2. The molecule has 0 saturated heterocycles. The highest BCUT2D eigenvalue weighted by molar-refractivity contribution is 6.10. The third-order valence-corrected chi connectivity index (χ3v) is 4.50. The van der Waals surface area contributed by atoms with E-state index in [-0.39, 0.29) is 5.56 Å². The Morgan fingerprint density at radius 1 is 0.963 bits per heavy atom. The lowest BCUT2D eigenvalue weighted by Gasteiger charge is -2.11. The van der Waals surface area contributed by atoms with E-state index in [0.717, 1.165) is 33.5 Å². The molecule has 27 heavy (non-hydrogen) atoms. The van der Waals surface area contributed by atoms with Gasteiger partial charge in [0.2, 0.25) is 0 Å². The van der Waals surface area contributed by atoms with Gasteiger partial charge >= 0.3 is 0 Å². The lowest BCUT2D eigenvalue weighted by atomic mass is 10.1. The first-order valence-corrected chi connectivity index (χ1v) is 8.45. The molecule has 5 rings (SSSR count). The lowest BCUT2D eigenvalue weighted by molar-refractivity contribution is 0.572. The van der Waals surface area contributed by atoms with Crippen molar-refractivity contribution < 1.29 is 4.42 Å². The van der Waals surface area contributed by atoms with E-state index in [1.807, 2.05) is 54.6 Å². The standard InChI is InChI=1S/C21H14N4O2/c26-21-16-4-2-1-3-15(16)19-17(9-10-23-20(19)25-21)24-14-7-5-13(6-8-14)18-11-22-12-27-18/h1-12H,(H2,23,24,25,26). The van der Waals surface area contributed by atoms with Crippen LogP contribution < -0.4 is 10.9 Å². The van der Waals surface area contributed by atoms with Gasteiger partial charge in [0, 0.05) is 33.6 Å². The molecule has 2 N–H and O–H groups in total. The summed E-state index contributed by atoms with van der Waals surface area (Å²) in [5.41, 5.74) is 3.16. The molecule has 0 aliphatic heterocycles. The first kappa shape index (κ1) is 15.3. The van der Waals surface area contributed by atoms with E-state index in [1.54, 1.807) is 12.4 Å². The van der Waals surface area contributed by atoms with Crippen molar-refractivity contribution in [3.8, 4) is 11.3 Å². The van der Waals surface area contributed by atoms with Crippen LogP contribution >= 0.6 is 0 Å². The molecule has 0 atom stereocenters. The third kappa shape index (κ3) is 2.64. The van der Waals surface area contributed by atoms with Gasteiger partial charge in [-0.05, 0) is 36.4 Å². The summed E-state index contributed by atoms with van der Waals surface area (Å²) in [4.78, 5) is 23.4. The molecule has 0 amide bonds. The van der Waals surface area contributed by atoms with Crippen molar-refractivity contribution in [2.24, 2.45) is 0 Å². The summed E-state index contributed by atoms with van der Waals surface area (Å²) in [6.07, 6.45) is 4.77. The Morgan fingerprint density at radius 2 is 1.78 bits per heavy atom. The van der Waals surface area contributed by atoms with Crippen molar-refractivity contribution in [3.63, 3.8) is 0 Å². The molecule has 2 aromatic carbocycles. The normalized spacial score (nSPS) is 11.1. The van der Waals surface area contributed by atoms with Crippen LogP contribution in [0.2, 0.25) is 0 Å². The van der Waals surface area contributed by atoms with E-state index in [0.29, 0.717) is 11.0 Å². The van der Waals surface area contributed by atoms with Crippen LogP contribution in [0.1, 0.15) is 0 Å². The molecule has 5 aromatic rings. The largest absolute Gasteiger partial charge is 0.444 e. The van der Waals surface area contributed by atoms with E-state index in [1.165, 1.54) is 6.39 Å². The Morgan fingerprint density at radius 3 is 2.56 bits per heavy atom. The number of H-pyrrole nitrogens is 1. The third-order valence-electron chi connectivity index (χ3n) is 4.50. The number of hydrogen-bond acceptors (Lipinski definition) is 5. The van der Waals surface area contributed by atoms with Crippen LogP contribution in [0.25, 0.3) is 33.1 Å². The maximum atomic E-state index is 12.3. The van der Waals surface area contributed by atoms with Crippen molar-refractivity contribution in [2.75, 3.05) is 5.32 Å². The summed E-state index contributed by atoms with van der Waals surface area (Å²) in [7, 11) is 0. The highest BCUT2D eigenvalue weighted by Gasteiger charge is 2.10. The summed E-state index contributed by atoms with van der Waals surface area (Å²) in [6, 6.07) is 17.3. The minimum absolute atomic E-state index is 0.140. The second kappa shape index (κ2) is 6.10. The Hall–Kier alpha value is -3.93. The molecular formula is C21H14N4O2. The van der Waals surface area contributed by atoms with Gasteiger partial charge in [-0.15, -0.1) is 0 Å². The fraction of sp³-hybridized carbons (Fsp3) is 0. The molecule has 3 heterocycles. The van der Waals surface area contributed by atoms with Gasteiger partial charge in [-0.25, -0.2) is 9.97 Å². The van der Waals surface area contributed by atoms with Gasteiger partial charge in [-0.2, -0.15) is 0 Å². The molecule has 3 aromatic heterocycles. The molecule has 0 unspecified atom stereocenters. The van der Waals surface area contributed by atoms with Crippen LogP contribution in [0.15, 0.2) is 82.6 Å². The van der Waals surface area contributed by atoms with Crippen LogP contribution in [-0.4, -0.2) is 15.0 Å². The van der Waals surface area contributed by atoms with Crippen LogP contribution in [0.3, 0.4) is 0 Å². The smallest absolute Gasteiger partial charge is 0.257 e. The number of nitrogens with zero attached hydrogens (tertiary/aromatic N) is 2. The summed E-state index contributed by atoms with van der Waals surface area (Å²) >= 11 is 0. The van der Waals surface area contributed by atoms with Gasteiger partial charge < -0.3 is 14.7 Å². The second-order valence-electron chi connectivity index (χ2n) is 6.15. The molecule has 0 aliphatic rings. The molecule has 0 radical (unpaired) electrons. The predicted octanol–water partition coefficient (Wildman–Crippen LogP) is 4.47. The molecule has 6 nitrogen and oxygen atoms in total. The Bertz CT molecular complexity index is 1310. The van der Waals surface area contributed by atoms with Gasteiger partial charge in [0.25, 0.3) is 5.56 Å². The van der Waals surface area contributed by atoms with Gasteiger partial charge in [-0.1, -0.05) is 18.2 Å². The average molecular weight is 354 g/mol. The van der Waals surface area contributed by atoms with Crippen molar-refractivity contribution in [2.45, 2.75) is 0 Å². The molecule has 0 spiro atoms. The van der Waals surface area contributed by atoms with Crippen LogP contribution in [0, 0.1) is 0 Å². The fourth-order valence-corrected chi connectivity index (χ4v) is 3.24. The zero-order chi connectivity index (χ0) is 18.2. The number of anilines is 2. The average Bonchev–Trinajstić information content (AvgIpc) is 3.24. The summed E-state index contributed by atoms with van der Waals surface area (Å²) < 4.78 is 5.32. The van der Waals surface area contributed by atoms with E-state index in [2.05, 4.69) is 20.3 Å². The number of aromatic nitrogens is 3. The number of rotatable bonds is 3. The maximum absolute atomic E-state index is 12.3. The number of aromatic amines is 1. The first-order chi connectivity index (χ1) is 13.3. The zero-order valence-corrected chi connectivity index (χ0v) is 14.1. The van der Waals surface area contributed by atoms with Gasteiger partial charge in [-0.3, -0.25) is 4.79 Å². The second-order valence-corrected chi connectivity index (χ2v) is 6.15. The Kier molecular flexibility index (Phi) is 3.47. The fourth-order valence-electron chi connectivity index (χ4n) is 3.24. The predicted molar refractivity (Wildman–Crippen MR) is 105 cm³/mol. The molecule has 0 bridgehead atoms. The number of hydrogen-bond donors (Lipinski definition) is 2. The number of pyridine rings is 2. The molecule has 130 valence electrons. The quantitative estimate of drug-likeness (QED) is 0.467. The zero-order valence-electron chi connectivity index (χ0n) is 14.1. The van der Waals surface area contributed by atoms with Crippen molar-refractivity contribution in [1.82, 2.24) is 15.0 Å². The summed E-state index contributed by atoms with van der Waals surface area (Å²) in [5, 5.41) is 5.81. The SMILES string of the molecule is O=c1[nH]c2nccc(Nc3ccc(-c4cnco4)cc3)c2c2ccccc12. The molecular weight excluding hydrogens is 340 g/mol. The summed E-state index contributed by atoms with van der Waals surface area (Å²) in [5.74, 6) is 0.722. The highest BCUT2D eigenvalue weighted by Crippen LogP contribution is 2.30. The number of nitrogens with one attached hydrogen (secondary N) is 2.